The highest BCUT2D eigenvalue weighted by molar-refractivity contribution is 6.43. The quantitative estimate of drug-likeness (QED) is 0.356. The minimum atomic E-state index is -0.735. The summed E-state index contributed by atoms with van der Waals surface area (Å²) in [6.45, 7) is 3.33. The van der Waals surface area contributed by atoms with Crippen molar-refractivity contribution in [2.24, 2.45) is 24.3 Å². The van der Waals surface area contributed by atoms with Crippen LogP contribution in [-0.2, 0) is 11.8 Å². The standard InChI is InChI=1S/C25H27FN4O4/c1-12-18(21(32)28-16-4-5-27-17(26)7-16)13(2)30(3)19(12)20(31)22(33)29-24-9-15-6-14-8-23(34,10-24)11-25(14,15)24/h4-5,7,14-15,34H,6,8-11H2,1-3H3,(H,29,33)(H,27,28,32)/t14?,15?,23?,24?,25-/m0/s1. The Bertz CT molecular complexity index is 1300. The number of hydrogen-bond acceptors (Lipinski definition) is 5. The molecule has 0 radical (unpaired) electrons. The van der Waals surface area contributed by atoms with Gasteiger partial charge in [-0.2, -0.15) is 4.39 Å². The van der Waals surface area contributed by atoms with Crippen molar-refractivity contribution in [3.05, 3.63) is 46.8 Å². The third kappa shape index (κ3) is 2.50. The molecule has 8 nitrogen and oxygen atoms in total. The average molecular weight is 467 g/mol. The van der Waals surface area contributed by atoms with Gasteiger partial charge in [0.1, 0.15) is 0 Å². The molecule has 2 bridgehead atoms. The number of pyridine rings is 1. The first kappa shape index (κ1) is 21.5. The van der Waals surface area contributed by atoms with Gasteiger partial charge in [-0.15, -0.1) is 0 Å². The Morgan fingerprint density at radius 2 is 1.94 bits per heavy atom. The summed E-state index contributed by atoms with van der Waals surface area (Å²) in [4.78, 5) is 43.0. The highest BCUT2D eigenvalue weighted by Gasteiger charge is 2.84. The number of carbonyl (C=O) groups is 3. The third-order valence-corrected chi connectivity index (χ3v) is 9.31. The number of nitrogens with zero attached hydrogens (tertiary/aromatic N) is 2. The second kappa shape index (κ2) is 6.53. The number of rotatable bonds is 5. The number of nitrogens with one attached hydrogen (secondary N) is 2. The summed E-state index contributed by atoms with van der Waals surface area (Å²) >= 11 is 0. The minimum absolute atomic E-state index is 0.0538. The van der Waals surface area contributed by atoms with Gasteiger partial charge in [0.05, 0.1) is 16.9 Å². The van der Waals surface area contributed by atoms with Crippen molar-refractivity contribution >= 4 is 23.3 Å². The van der Waals surface area contributed by atoms with Gasteiger partial charge in [-0.1, -0.05) is 0 Å². The lowest BCUT2D eigenvalue weighted by molar-refractivity contribution is -0.210. The van der Waals surface area contributed by atoms with E-state index in [9.17, 15) is 23.9 Å². The van der Waals surface area contributed by atoms with Gasteiger partial charge < -0.3 is 20.3 Å². The zero-order valence-electron chi connectivity index (χ0n) is 19.4. The summed E-state index contributed by atoms with van der Waals surface area (Å²) in [5.41, 5.74) is 0.288. The fourth-order valence-corrected chi connectivity index (χ4v) is 8.10. The summed E-state index contributed by atoms with van der Waals surface area (Å²) in [5, 5.41) is 16.6. The third-order valence-electron chi connectivity index (χ3n) is 9.31. The molecule has 4 unspecified atom stereocenters. The molecule has 9 heteroatoms. The van der Waals surface area contributed by atoms with Crippen molar-refractivity contribution in [1.29, 1.82) is 0 Å². The molecule has 6 rings (SSSR count). The number of aromatic nitrogens is 2. The van der Waals surface area contributed by atoms with E-state index < -0.39 is 34.7 Å². The SMILES string of the molecule is Cc1c(C(=O)Nc2ccnc(F)c2)c(C)n(C)c1C(=O)C(=O)NC12CC3CC4CC(O)(C1)C[C@]432. The second-order valence-electron chi connectivity index (χ2n) is 10.8. The van der Waals surface area contributed by atoms with Gasteiger partial charge in [-0.25, -0.2) is 4.98 Å². The molecule has 178 valence electrons. The summed E-state index contributed by atoms with van der Waals surface area (Å²) in [6.07, 6.45) is 5.18. The lowest BCUT2D eigenvalue weighted by atomic mass is 9.35. The average Bonchev–Trinajstić information content (AvgIpc) is 3.25. The maximum Gasteiger partial charge on any atom is 0.294 e. The van der Waals surface area contributed by atoms with Gasteiger partial charge in [0.25, 0.3) is 17.6 Å². The van der Waals surface area contributed by atoms with E-state index in [0.717, 1.165) is 25.3 Å². The van der Waals surface area contributed by atoms with Gasteiger partial charge in [-0.05, 0) is 69.4 Å². The Labute approximate surface area is 195 Å². The number of hydrogen-bond donors (Lipinski definition) is 3. The first-order chi connectivity index (χ1) is 16.0. The van der Waals surface area contributed by atoms with Crippen molar-refractivity contribution in [3.8, 4) is 0 Å². The number of Topliss-reactive ketones (excluding diaryl/α,β-unsaturated/α-hetero) is 1. The number of carbonyl (C=O) groups excluding carboxylic acids is 3. The van der Waals surface area contributed by atoms with Gasteiger partial charge in [-0.3, -0.25) is 14.4 Å². The van der Waals surface area contributed by atoms with Crippen LogP contribution in [0.1, 0.15) is 64.2 Å². The Morgan fingerprint density at radius 1 is 1.21 bits per heavy atom. The van der Waals surface area contributed by atoms with Gasteiger partial charge >= 0.3 is 0 Å². The number of anilines is 1. The molecule has 3 N–H and O–H groups in total. The largest absolute Gasteiger partial charge is 0.390 e. The normalized spacial score (nSPS) is 34.1. The molecule has 4 fully saturated rings. The van der Waals surface area contributed by atoms with Crippen LogP contribution in [0.4, 0.5) is 10.1 Å². The molecule has 34 heavy (non-hydrogen) atoms. The smallest absolute Gasteiger partial charge is 0.294 e. The molecular weight excluding hydrogens is 439 g/mol. The van der Waals surface area contributed by atoms with Crippen LogP contribution in [0.2, 0.25) is 0 Å². The molecule has 4 aliphatic carbocycles. The van der Waals surface area contributed by atoms with Gasteiger partial charge in [0.15, 0.2) is 0 Å². The lowest BCUT2D eigenvalue weighted by Crippen LogP contribution is -2.77. The molecule has 2 amide bonds. The van der Waals surface area contributed by atoms with Crippen molar-refractivity contribution in [3.63, 3.8) is 0 Å². The Morgan fingerprint density at radius 3 is 2.62 bits per heavy atom. The topological polar surface area (TPSA) is 113 Å². The highest BCUT2D eigenvalue weighted by atomic mass is 19.1. The molecule has 4 aliphatic rings. The maximum absolute atomic E-state index is 13.4. The first-order valence-corrected chi connectivity index (χ1v) is 11.7. The van der Waals surface area contributed by atoms with Crippen LogP contribution in [0.25, 0.3) is 0 Å². The van der Waals surface area contributed by atoms with E-state index in [-0.39, 0.29) is 22.4 Å². The number of ketones is 1. The van der Waals surface area contributed by atoms with Crippen molar-refractivity contribution in [2.45, 2.75) is 57.1 Å². The summed E-state index contributed by atoms with van der Waals surface area (Å²) in [6, 6.07) is 2.57. The molecule has 0 saturated heterocycles. The first-order valence-electron chi connectivity index (χ1n) is 11.7. The summed E-state index contributed by atoms with van der Waals surface area (Å²) < 4.78 is 15.0. The maximum atomic E-state index is 13.4. The zero-order valence-corrected chi connectivity index (χ0v) is 19.4. The lowest BCUT2D eigenvalue weighted by Gasteiger charge is -2.72. The number of amides is 2. The van der Waals surface area contributed by atoms with Crippen LogP contribution in [-0.4, -0.2) is 43.4 Å². The molecule has 0 aliphatic heterocycles. The predicted molar refractivity (Wildman–Crippen MR) is 120 cm³/mol. The predicted octanol–water partition coefficient (Wildman–Crippen LogP) is 2.42. The van der Waals surface area contributed by atoms with E-state index in [1.807, 2.05) is 0 Å². The van der Waals surface area contributed by atoms with Crippen molar-refractivity contribution in [1.82, 2.24) is 14.9 Å². The van der Waals surface area contributed by atoms with E-state index in [2.05, 4.69) is 15.6 Å². The van der Waals surface area contributed by atoms with Gasteiger partial charge in [0.2, 0.25) is 5.95 Å². The summed E-state index contributed by atoms with van der Waals surface area (Å²) in [5.74, 6) is -1.66. The molecule has 0 aromatic carbocycles. The number of aliphatic hydroxyl groups is 1. The molecular formula is C25H27FN4O4. The van der Waals surface area contributed by atoms with E-state index in [4.69, 9.17) is 0 Å². The van der Waals surface area contributed by atoms with Gasteiger partial charge in [0, 0.05) is 41.6 Å². The van der Waals surface area contributed by atoms with Crippen LogP contribution in [0, 0.1) is 37.0 Å². The van der Waals surface area contributed by atoms with Crippen LogP contribution >= 0.6 is 0 Å². The molecule has 2 heterocycles. The Hall–Kier alpha value is -3.07. The monoisotopic (exact) mass is 466 g/mol. The molecule has 2 aromatic rings. The minimum Gasteiger partial charge on any atom is -0.390 e. The second-order valence-corrected chi connectivity index (χ2v) is 10.8. The molecule has 4 saturated carbocycles. The highest BCUT2D eigenvalue weighted by Crippen LogP contribution is 2.83. The fourth-order valence-electron chi connectivity index (χ4n) is 8.10. The van der Waals surface area contributed by atoms with Crippen LogP contribution in [0.3, 0.4) is 0 Å². The van der Waals surface area contributed by atoms with Crippen molar-refractivity contribution < 1.29 is 23.9 Å². The Kier molecular flexibility index (Phi) is 4.12. The zero-order chi connectivity index (χ0) is 24.2. The summed E-state index contributed by atoms with van der Waals surface area (Å²) in [7, 11) is 1.64. The molecule has 1 spiro atoms. The number of fused-ring (bicyclic) bond motifs is 1. The fraction of sp³-hybridized carbons (Fsp3) is 0.520. The van der Waals surface area contributed by atoms with Crippen LogP contribution < -0.4 is 10.6 Å². The molecule has 2 aromatic heterocycles. The van der Waals surface area contributed by atoms with E-state index >= 15 is 0 Å². The number of halogens is 1. The van der Waals surface area contributed by atoms with E-state index in [1.165, 1.54) is 12.3 Å². The van der Waals surface area contributed by atoms with Crippen molar-refractivity contribution in [2.75, 3.05) is 5.32 Å². The van der Waals surface area contributed by atoms with Crippen LogP contribution in [0.5, 0.6) is 0 Å². The molecule has 5 atom stereocenters. The van der Waals surface area contributed by atoms with E-state index in [1.54, 1.807) is 25.5 Å². The van der Waals surface area contributed by atoms with E-state index in [0.29, 0.717) is 35.9 Å². The van der Waals surface area contributed by atoms with Crippen LogP contribution in [0.15, 0.2) is 18.3 Å². The Balaban J connectivity index is 1.25.